The Labute approximate surface area is 109 Å². The van der Waals surface area contributed by atoms with Crippen molar-refractivity contribution < 1.29 is 4.79 Å². The Balaban J connectivity index is 1.97. The third kappa shape index (κ3) is 3.20. The first-order valence-electron chi connectivity index (χ1n) is 6.38. The van der Waals surface area contributed by atoms with Crippen molar-refractivity contribution in [2.24, 2.45) is 0 Å². The second kappa shape index (κ2) is 5.83. The fourth-order valence-corrected chi connectivity index (χ4v) is 2.07. The summed E-state index contributed by atoms with van der Waals surface area (Å²) in [6, 6.07) is 8.09. The number of hydrogen-bond acceptors (Lipinski definition) is 2. The van der Waals surface area contributed by atoms with E-state index in [1.165, 1.54) is 5.56 Å². The van der Waals surface area contributed by atoms with Gasteiger partial charge in [0.05, 0.1) is 0 Å². The molecule has 0 aromatic heterocycles. The van der Waals surface area contributed by atoms with Crippen LogP contribution in [0, 0.1) is 6.92 Å². The topological polar surface area (TPSA) is 23.6 Å². The van der Waals surface area contributed by atoms with E-state index in [1.807, 2.05) is 29.2 Å². The molecule has 1 aromatic carbocycles. The zero-order valence-electron chi connectivity index (χ0n) is 11.1. The molecule has 18 heavy (non-hydrogen) atoms. The molecule has 1 fully saturated rings. The van der Waals surface area contributed by atoms with Crippen molar-refractivity contribution in [1.29, 1.82) is 0 Å². The monoisotopic (exact) mass is 244 g/mol. The van der Waals surface area contributed by atoms with Gasteiger partial charge in [-0.05, 0) is 31.2 Å². The van der Waals surface area contributed by atoms with Crippen LogP contribution < -0.4 is 0 Å². The second-order valence-corrected chi connectivity index (χ2v) is 4.82. The molecule has 3 heteroatoms. The van der Waals surface area contributed by atoms with Gasteiger partial charge in [-0.2, -0.15) is 0 Å². The van der Waals surface area contributed by atoms with Crippen molar-refractivity contribution in [1.82, 2.24) is 9.80 Å². The first-order valence-corrected chi connectivity index (χ1v) is 6.38. The number of aryl methyl sites for hydroxylation is 1. The summed E-state index contributed by atoms with van der Waals surface area (Å²) in [5, 5.41) is 0. The quantitative estimate of drug-likeness (QED) is 0.740. The van der Waals surface area contributed by atoms with Gasteiger partial charge in [-0.15, -0.1) is 0 Å². The van der Waals surface area contributed by atoms with Gasteiger partial charge in [0.15, 0.2) is 0 Å². The maximum Gasteiger partial charge on any atom is 0.246 e. The number of carbonyl (C=O) groups excluding carboxylic acids is 1. The van der Waals surface area contributed by atoms with E-state index in [9.17, 15) is 4.79 Å². The molecule has 0 unspecified atom stereocenters. The van der Waals surface area contributed by atoms with Crippen molar-refractivity contribution >= 4 is 12.0 Å². The Kier molecular flexibility index (Phi) is 4.15. The normalized spacial score (nSPS) is 17.3. The van der Waals surface area contributed by atoms with Crippen molar-refractivity contribution in [3.8, 4) is 0 Å². The highest BCUT2D eigenvalue weighted by atomic mass is 16.2. The predicted molar refractivity (Wildman–Crippen MR) is 74.3 cm³/mol. The van der Waals surface area contributed by atoms with Crippen LogP contribution in [0.25, 0.3) is 6.08 Å². The van der Waals surface area contributed by atoms with Gasteiger partial charge in [-0.3, -0.25) is 4.79 Å². The van der Waals surface area contributed by atoms with Crippen LogP contribution in [0.2, 0.25) is 0 Å². The Hall–Kier alpha value is -1.61. The number of carbonyl (C=O) groups is 1. The molecule has 0 atom stereocenters. The third-order valence-electron chi connectivity index (χ3n) is 3.41. The average molecular weight is 244 g/mol. The fraction of sp³-hybridized carbons (Fsp3) is 0.400. The lowest BCUT2D eigenvalue weighted by molar-refractivity contribution is -0.127. The van der Waals surface area contributed by atoms with E-state index in [-0.39, 0.29) is 5.91 Å². The summed E-state index contributed by atoms with van der Waals surface area (Å²) in [6.07, 6.45) is 3.60. The molecule has 0 spiro atoms. The van der Waals surface area contributed by atoms with Gasteiger partial charge < -0.3 is 9.80 Å². The van der Waals surface area contributed by atoms with Gasteiger partial charge in [0.2, 0.25) is 5.91 Å². The van der Waals surface area contributed by atoms with Gasteiger partial charge in [-0.1, -0.05) is 24.3 Å². The molecule has 0 aliphatic carbocycles. The van der Waals surface area contributed by atoms with E-state index < -0.39 is 0 Å². The van der Waals surface area contributed by atoms with E-state index >= 15 is 0 Å². The van der Waals surface area contributed by atoms with Gasteiger partial charge >= 0.3 is 0 Å². The van der Waals surface area contributed by atoms with Crippen LogP contribution in [-0.4, -0.2) is 48.9 Å². The van der Waals surface area contributed by atoms with Crippen molar-refractivity contribution in [3.05, 3.63) is 41.5 Å². The van der Waals surface area contributed by atoms with Gasteiger partial charge in [-0.25, -0.2) is 0 Å². The molecule has 0 N–H and O–H groups in total. The largest absolute Gasteiger partial charge is 0.337 e. The lowest BCUT2D eigenvalue weighted by Gasteiger charge is -2.31. The molecule has 2 rings (SSSR count). The molecule has 96 valence electrons. The molecule has 1 aliphatic rings. The van der Waals surface area contributed by atoms with Crippen LogP contribution >= 0.6 is 0 Å². The van der Waals surface area contributed by atoms with Crippen molar-refractivity contribution in [2.45, 2.75) is 6.92 Å². The number of piperazine rings is 1. The number of hydrogen-bond donors (Lipinski definition) is 0. The lowest BCUT2D eigenvalue weighted by Crippen LogP contribution is -2.46. The number of nitrogens with zero attached hydrogens (tertiary/aromatic N) is 2. The number of rotatable bonds is 2. The molecular formula is C15H20N2O. The lowest BCUT2D eigenvalue weighted by atomic mass is 10.1. The highest BCUT2D eigenvalue weighted by Crippen LogP contribution is 2.09. The first-order chi connectivity index (χ1) is 8.66. The minimum absolute atomic E-state index is 0.117. The molecule has 1 amide bonds. The standard InChI is InChI=1S/C15H20N2O/c1-13-5-3-4-6-14(13)7-8-15(18)17-11-9-16(2)10-12-17/h3-8H,9-12H2,1-2H3/b8-7-. The van der Waals surface area contributed by atoms with Crippen LogP contribution in [0.4, 0.5) is 0 Å². The third-order valence-corrected chi connectivity index (χ3v) is 3.41. The Bertz CT molecular complexity index is 446. The predicted octanol–water partition coefficient (Wildman–Crippen LogP) is 1.78. The van der Waals surface area contributed by atoms with Gasteiger partial charge in [0.25, 0.3) is 0 Å². The van der Waals surface area contributed by atoms with E-state index in [0.717, 1.165) is 31.7 Å². The summed E-state index contributed by atoms with van der Waals surface area (Å²) in [5.41, 5.74) is 2.31. The SMILES string of the molecule is Cc1ccccc1/C=C\C(=O)N1CCN(C)CC1. The van der Waals surface area contributed by atoms with Gasteiger partial charge in [0.1, 0.15) is 0 Å². The number of amides is 1. The molecule has 0 saturated carbocycles. The van der Waals surface area contributed by atoms with Gasteiger partial charge in [0, 0.05) is 32.3 Å². The molecule has 1 heterocycles. The fourth-order valence-electron chi connectivity index (χ4n) is 2.07. The Morgan fingerprint density at radius 2 is 1.83 bits per heavy atom. The molecular weight excluding hydrogens is 224 g/mol. The summed E-state index contributed by atoms with van der Waals surface area (Å²) in [5.74, 6) is 0.117. The van der Waals surface area contributed by atoms with E-state index in [0.29, 0.717) is 0 Å². The van der Waals surface area contributed by atoms with Crippen LogP contribution in [0.15, 0.2) is 30.3 Å². The van der Waals surface area contributed by atoms with E-state index in [2.05, 4.69) is 24.9 Å². The summed E-state index contributed by atoms with van der Waals surface area (Å²) in [4.78, 5) is 16.2. The maximum absolute atomic E-state index is 12.0. The van der Waals surface area contributed by atoms with Crippen molar-refractivity contribution in [2.75, 3.05) is 33.2 Å². The molecule has 1 aliphatic heterocycles. The molecule has 1 saturated heterocycles. The number of likely N-dealkylation sites (N-methyl/N-ethyl adjacent to an activating group) is 1. The summed E-state index contributed by atoms with van der Waals surface area (Å²) in [6.45, 7) is 5.63. The highest BCUT2D eigenvalue weighted by Gasteiger charge is 2.16. The number of benzene rings is 1. The van der Waals surface area contributed by atoms with E-state index in [1.54, 1.807) is 6.08 Å². The van der Waals surface area contributed by atoms with Crippen molar-refractivity contribution in [3.63, 3.8) is 0 Å². The summed E-state index contributed by atoms with van der Waals surface area (Å²) >= 11 is 0. The molecule has 3 nitrogen and oxygen atoms in total. The van der Waals surface area contributed by atoms with Crippen LogP contribution in [-0.2, 0) is 4.79 Å². The molecule has 1 aromatic rings. The minimum Gasteiger partial charge on any atom is -0.337 e. The second-order valence-electron chi connectivity index (χ2n) is 4.82. The Morgan fingerprint density at radius 1 is 1.17 bits per heavy atom. The average Bonchev–Trinajstić information content (AvgIpc) is 2.38. The molecule has 0 bridgehead atoms. The van der Waals surface area contributed by atoms with Crippen LogP contribution in [0.3, 0.4) is 0 Å². The van der Waals surface area contributed by atoms with Crippen LogP contribution in [0.1, 0.15) is 11.1 Å². The summed E-state index contributed by atoms with van der Waals surface area (Å²) < 4.78 is 0. The van der Waals surface area contributed by atoms with E-state index in [4.69, 9.17) is 0 Å². The maximum atomic E-state index is 12.0. The highest BCUT2D eigenvalue weighted by molar-refractivity contribution is 5.92. The van der Waals surface area contributed by atoms with Crippen LogP contribution in [0.5, 0.6) is 0 Å². The smallest absolute Gasteiger partial charge is 0.246 e. The minimum atomic E-state index is 0.117. The first kappa shape index (κ1) is 12.8. The molecule has 0 radical (unpaired) electrons. The zero-order valence-corrected chi connectivity index (χ0v) is 11.1. The Morgan fingerprint density at radius 3 is 2.50 bits per heavy atom. The zero-order chi connectivity index (χ0) is 13.0. The summed E-state index contributed by atoms with van der Waals surface area (Å²) in [7, 11) is 2.09.